The van der Waals surface area contributed by atoms with Crippen LogP contribution in [0, 0.1) is 0 Å². The largest absolute Gasteiger partial charge is 0.491 e. The van der Waals surface area contributed by atoms with E-state index in [2.05, 4.69) is 15.6 Å². The number of anilines is 1. The number of ether oxygens (including phenoxy) is 1. The van der Waals surface area contributed by atoms with Crippen LogP contribution in [0.25, 0.3) is 17.0 Å². The van der Waals surface area contributed by atoms with Gasteiger partial charge in [-0.05, 0) is 51.4 Å². The molecule has 0 saturated carbocycles. The van der Waals surface area contributed by atoms with E-state index < -0.39 is 0 Å². The Balaban J connectivity index is 0.00000109. The normalized spacial score (nSPS) is 16.5. The number of rotatable bonds is 5. The first-order valence-corrected chi connectivity index (χ1v) is 10.3. The summed E-state index contributed by atoms with van der Waals surface area (Å²) in [5, 5.41) is 6.96. The molecule has 6 heteroatoms. The first-order valence-electron chi connectivity index (χ1n) is 10.3. The number of nitrogens with one attached hydrogen (secondary N) is 2. The molecule has 4 heterocycles. The molecule has 1 aliphatic heterocycles. The van der Waals surface area contributed by atoms with Crippen molar-refractivity contribution in [2.24, 2.45) is 0 Å². The molecule has 1 atom stereocenters. The molecule has 1 saturated heterocycles. The highest BCUT2D eigenvalue weighted by molar-refractivity contribution is 5.62. The van der Waals surface area contributed by atoms with Crippen LogP contribution in [0.4, 0.5) is 5.82 Å². The van der Waals surface area contributed by atoms with E-state index in [4.69, 9.17) is 9.72 Å². The van der Waals surface area contributed by atoms with Crippen LogP contribution in [0.3, 0.4) is 0 Å². The topological polar surface area (TPSA) is 63.5 Å². The minimum absolute atomic E-state index is 0.144. The molecular weight excluding hydrogens is 350 g/mol. The third-order valence-electron chi connectivity index (χ3n) is 4.52. The fourth-order valence-corrected chi connectivity index (χ4v) is 3.34. The molecule has 0 amide bonds. The quantitative estimate of drug-likeness (QED) is 0.687. The van der Waals surface area contributed by atoms with Gasteiger partial charge in [0.05, 0.1) is 23.7 Å². The van der Waals surface area contributed by atoms with E-state index in [0.717, 1.165) is 41.7 Å². The Morgan fingerprint density at radius 1 is 1.25 bits per heavy atom. The van der Waals surface area contributed by atoms with Crippen molar-refractivity contribution in [3.05, 3.63) is 42.7 Å². The van der Waals surface area contributed by atoms with Crippen molar-refractivity contribution in [1.29, 1.82) is 0 Å². The molecule has 150 valence electrons. The average Bonchev–Trinajstić information content (AvgIpc) is 3.13. The summed E-state index contributed by atoms with van der Waals surface area (Å²) in [7, 11) is 0. The zero-order valence-electron chi connectivity index (χ0n) is 17.3. The molecule has 0 aliphatic carbocycles. The second kappa shape index (κ2) is 9.55. The fourth-order valence-electron chi connectivity index (χ4n) is 3.34. The smallest absolute Gasteiger partial charge is 0.140 e. The number of pyridine rings is 2. The lowest BCUT2D eigenvalue weighted by atomic mass is 10.1. The number of hydrogen-bond donors (Lipinski definition) is 2. The van der Waals surface area contributed by atoms with Gasteiger partial charge in [0.2, 0.25) is 0 Å². The second-order valence-electron chi connectivity index (χ2n) is 7.00. The van der Waals surface area contributed by atoms with Gasteiger partial charge in [0, 0.05) is 24.8 Å². The summed E-state index contributed by atoms with van der Waals surface area (Å²) in [5.41, 5.74) is 2.74. The Labute approximate surface area is 167 Å². The highest BCUT2D eigenvalue weighted by atomic mass is 16.5. The third kappa shape index (κ3) is 4.81. The number of aromatic nitrogens is 3. The van der Waals surface area contributed by atoms with E-state index in [1.165, 1.54) is 12.8 Å². The predicted molar refractivity (Wildman–Crippen MR) is 115 cm³/mol. The predicted octanol–water partition coefficient (Wildman–Crippen LogP) is 4.37. The summed E-state index contributed by atoms with van der Waals surface area (Å²) in [6.07, 6.45) is 6.37. The van der Waals surface area contributed by atoms with E-state index >= 15 is 0 Å². The van der Waals surface area contributed by atoms with Gasteiger partial charge in [0.25, 0.3) is 0 Å². The summed E-state index contributed by atoms with van der Waals surface area (Å²) in [6.45, 7) is 10.1. The maximum Gasteiger partial charge on any atom is 0.140 e. The summed E-state index contributed by atoms with van der Waals surface area (Å²) in [5.74, 6) is 1.74. The molecule has 2 N–H and O–H groups in total. The molecule has 28 heavy (non-hydrogen) atoms. The summed E-state index contributed by atoms with van der Waals surface area (Å²) < 4.78 is 7.80. The van der Waals surface area contributed by atoms with Gasteiger partial charge >= 0.3 is 0 Å². The van der Waals surface area contributed by atoms with Crippen LogP contribution < -0.4 is 15.4 Å². The maximum absolute atomic E-state index is 5.76. The van der Waals surface area contributed by atoms with Gasteiger partial charge in [-0.25, -0.2) is 9.97 Å². The second-order valence-corrected chi connectivity index (χ2v) is 7.00. The Morgan fingerprint density at radius 2 is 2.11 bits per heavy atom. The number of imidazole rings is 1. The number of nitrogens with zero attached hydrogens (tertiary/aromatic N) is 3. The highest BCUT2D eigenvalue weighted by Crippen LogP contribution is 2.24. The average molecular weight is 382 g/mol. The summed E-state index contributed by atoms with van der Waals surface area (Å²) in [6, 6.07) is 10.4. The highest BCUT2D eigenvalue weighted by Gasteiger charge is 2.14. The molecule has 0 bridgehead atoms. The fraction of sp³-hybridized carbons (Fsp3) is 0.455. The summed E-state index contributed by atoms with van der Waals surface area (Å²) in [4.78, 5) is 9.32. The Hall–Kier alpha value is -2.60. The van der Waals surface area contributed by atoms with Gasteiger partial charge in [-0.3, -0.25) is 4.40 Å². The lowest BCUT2D eigenvalue weighted by molar-refractivity contribution is 0.242. The molecule has 1 unspecified atom stereocenters. The molecule has 6 nitrogen and oxygen atoms in total. The number of piperidine rings is 1. The van der Waals surface area contributed by atoms with Crippen LogP contribution in [-0.4, -0.2) is 39.6 Å². The van der Waals surface area contributed by atoms with Crippen molar-refractivity contribution >= 4 is 11.5 Å². The van der Waals surface area contributed by atoms with E-state index in [0.29, 0.717) is 6.04 Å². The first-order chi connectivity index (χ1) is 13.7. The lowest BCUT2D eigenvalue weighted by Crippen LogP contribution is -2.38. The lowest BCUT2D eigenvalue weighted by Gasteiger charge is -2.24. The molecule has 1 fully saturated rings. The Bertz CT molecular complexity index is 884. The van der Waals surface area contributed by atoms with Crippen molar-refractivity contribution in [1.82, 2.24) is 19.7 Å². The van der Waals surface area contributed by atoms with Gasteiger partial charge in [-0.1, -0.05) is 19.9 Å². The molecule has 4 rings (SSSR count). The van der Waals surface area contributed by atoms with Gasteiger partial charge in [0.15, 0.2) is 0 Å². The molecule has 0 aromatic carbocycles. The van der Waals surface area contributed by atoms with Crippen LogP contribution in [-0.2, 0) is 0 Å². The molecule has 0 radical (unpaired) electrons. The van der Waals surface area contributed by atoms with E-state index in [-0.39, 0.29) is 6.10 Å². The van der Waals surface area contributed by atoms with Crippen LogP contribution in [0.2, 0.25) is 0 Å². The van der Waals surface area contributed by atoms with Crippen LogP contribution in [0.15, 0.2) is 42.7 Å². The van der Waals surface area contributed by atoms with Crippen LogP contribution >= 0.6 is 0 Å². The zero-order valence-corrected chi connectivity index (χ0v) is 17.3. The molecule has 0 spiro atoms. The van der Waals surface area contributed by atoms with Gasteiger partial charge in [0.1, 0.15) is 17.2 Å². The summed E-state index contributed by atoms with van der Waals surface area (Å²) >= 11 is 0. The van der Waals surface area contributed by atoms with Crippen molar-refractivity contribution in [2.45, 2.75) is 52.7 Å². The Kier molecular flexibility index (Phi) is 6.87. The maximum atomic E-state index is 5.76. The minimum Gasteiger partial charge on any atom is -0.491 e. The van der Waals surface area contributed by atoms with Crippen LogP contribution in [0.1, 0.15) is 40.5 Å². The van der Waals surface area contributed by atoms with Gasteiger partial charge in [-0.15, -0.1) is 0 Å². The zero-order chi connectivity index (χ0) is 19.9. The monoisotopic (exact) mass is 381 g/mol. The first kappa shape index (κ1) is 20.1. The van der Waals surface area contributed by atoms with Crippen LogP contribution in [0.5, 0.6) is 5.75 Å². The molecule has 1 aliphatic rings. The molecule has 3 aromatic rings. The van der Waals surface area contributed by atoms with Gasteiger partial charge in [-0.2, -0.15) is 0 Å². The minimum atomic E-state index is 0.144. The SMILES string of the molecule is CC.CC(C)Oc1ccn2c(-c3cccc(NC4CCCNC4)n3)cnc2c1. The van der Waals surface area contributed by atoms with Crippen molar-refractivity contribution in [2.75, 3.05) is 18.4 Å². The van der Waals surface area contributed by atoms with Crippen molar-refractivity contribution in [3.63, 3.8) is 0 Å². The van der Waals surface area contributed by atoms with Gasteiger partial charge < -0.3 is 15.4 Å². The molecular formula is C22H31N5O. The Morgan fingerprint density at radius 3 is 2.86 bits per heavy atom. The molecule has 3 aromatic heterocycles. The van der Waals surface area contributed by atoms with E-state index in [1.54, 1.807) is 0 Å². The standard InChI is InChI=1S/C20H25N5O.C2H6/c1-14(2)26-16-8-10-25-18(13-22-20(25)11-16)17-6-3-7-19(24-17)23-15-5-4-9-21-12-15;1-2/h3,6-8,10-11,13-15,21H,4-5,9,12H2,1-2H3,(H,23,24);1-2H3. The number of fused-ring (bicyclic) bond motifs is 1. The van der Waals surface area contributed by atoms with E-state index in [9.17, 15) is 0 Å². The van der Waals surface area contributed by atoms with Crippen molar-refractivity contribution < 1.29 is 4.74 Å². The van der Waals surface area contributed by atoms with Crippen molar-refractivity contribution in [3.8, 4) is 17.1 Å². The number of hydrogen-bond acceptors (Lipinski definition) is 5. The van der Waals surface area contributed by atoms with E-state index in [1.807, 2.05) is 74.8 Å². The third-order valence-corrected chi connectivity index (χ3v) is 4.52.